The minimum atomic E-state index is -4.74. The lowest BCUT2D eigenvalue weighted by Gasteiger charge is -2.07. The number of benzene rings is 3. The van der Waals surface area contributed by atoms with Crippen molar-refractivity contribution in [1.29, 1.82) is 0 Å². The number of rotatable bonds is 5. The van der Waals surface area contributed by atoms with E-state index in [0.717, 1.165) is 6.07 Å². The Bertz CT molecular complexity index is 1620. The van der Waals surface area contributed by atoms with Crippen LogP contribution < -0.4 is 10.2 Å². The highest BCUT2D eigenvalue weighted by atomic mass is 19.4. The van der Waals surface area contributed by atoms with Crippen molar-refractivity contribution in [1.82, 2.24) is 10.1 Å². The molecule has 2 heterocycles. The van der Waals surface area contributed by atoms with Crippen molar-refractivity contribution < 1.29 is 36.3 Å². The number of phenols is 1. The molecule has 0 aliphatic rings. The number of nitrogens with zero attached hydrogens (tertiary/aromatic N) is 2. The Labute approximate surface area is 199 Å². The first-order valence-electron chi connectivity index (χ1n) is 10.4. The first kappa shape index (κ1) is 23.1. The molecule has 0 bridgehead atoms. The molecule has 0 unspecified atom stereocenters. The molecular weight excluding hydrogens is 484 g/mol. The number of alkyl halides is 3. The van der Waals surface area contributed by atoms with Crippen molar-refractivity contribution in [2.45, 2.75) is 12.8 Å². The Morgan fingerprint density at radius 2 is 1.75 bits per heavy atom. The van der Waals surface area contributed by atoms with E-state index in [9.17, 15) is 27.5 Å². The van der Waals surface area contributed by atoms with E-state index in [1.165, 1.54) is 36.6 Å². The van der Waals surface area contributed by atoms with E-state index in [1.54, 1.807) is 12.1 Å². The van der Waals surface area contributed by atoms with Crippen LogP contribution in [0.3, 0.4) is 0 Å². The number of phenolic OH excluding ortho intramolecular Hbond substituents is 1. The summed E-state index contributed by atoms with van der Waals surface area (Å²) in [4.78, 5) is 16.8. The average Bonchev–Trinajstić information content (AvgIpc) is 3.32. The average molecular weight is 498 g/mol. The molecule has 0 atom stereocenters. The predicted octanol–water partition coefficient (Wildman–Crippen LogP) is 5.95. The summed E-state index contributed by atoms with van der Waals surface area (Å²) in [7, 11) is 0. The summed E-state index contributed by atoms with van der Waals surface area (Å²) in [5, 5.41) is 13.4. The topological polar surface area (TPSA) is 98.6 Å². The molecule has 5 aromatic rings. The van der Waals surface area contributed by atoms with Gasteiger partial charge in [0.15, 0.2) is 12.0 Å². The standard InChI is InChI=1S/C25H14F4N2O5/c26-16-8-14(7-15(9-16)25(27,28)29)24-30-22(31-36-24)12-34-18-5-6-19-21(10-18)35-11-20(23(19)33)13-1-3-17(32)4-2-13/h1-11,32H,12H2. The van der Waals surface area contributed by atoms with Gasteiger partial charge in [0.05, 0.1) is 16.5 Å². The molecule has 1 N–H and O–H groups in total. The summed E-state index contributed by atoms with van der Waals surface area (Å²) in [5.74, 6) is -1.01. The first-order valence-corrected chi connectivity index (χ1v) is 10.4. The molecule has 2 aromatic heterocycles. The highest BCUT2D eigenvalue weighted by molar-refractivity contribution is 5.82. The molecule has 5 rings (SSSR count). The normalized spacial score (nSPS) is 11.7. The highest BCUT2D eigenvalue weighted by Gasteiger charge is 2.32. The van der Waals surface area contributed by atoms with Crippen molar-refractivity contribution in [2.75, 3.05) is 0 Å². The van der Waals surface area contributed by atoms with E-state index in [0.29, 0.717) is 34.4 Å². The third-order valence-electron chi connectivity index (χ3n) is 5.23. The smallest absolute Gasteiger partial charge is 0.416 e. The van der Waals surface area contributed by atoms with E-state index in [4.69, 9.17) is 13.7 Å². The maximum absolute atomic E-state index is 13.7. The van der Waals surface area contributed by atoms with Gasteiger partial charge in [-0.05, 0) is 48.0 Å². The predicted molar refractivity (Wildman–Crippen MR) is 119 cm³/mol. The number of hydrogen-bond donors (Lipinski definition) is 1. The molecule has 0 aliphatic carbocycles. The van der Waals surface area contributed by atoms with Gasteiger partial charge in [0.25, 0.3) is 5.89 Å². The Morgan fingerprint density at radius 1 is 0.972 bits per heavy atom. The maximum Gasteiger partial charge on any atom is 0.416 e. The Balaban J connectivity index is 1.34. The molecule has 0 fully saturated rings. The van der Waals surface area contributed by atoms with Crippen molar-refractivity contribution in [3.63, 3.8) is 0 Å². The second-order valence-corrected chi connectivity index (χ2v) is 7.71. The van der Waals surface area contributed by atoms with Gasteiger partial charge < -0.3 is 18.8 Å². The summed E-state index contributed by atoms with van der Waals surface area (Å²) < 4.78 is 68.6. The van der Waals surface area contributed by atoms with Crippen LogP contribution in [0.4, 0.5) is 17.6 Å². The minimum Gasteiger partial charge on any atom is -0.508 e. The Morgan fingerprint density at radius 3 is 2.50 bits per heavy atom. The van der Waals surface area contributed by atoms with Gasteiger partial charge in [0.2, 0.25) is 5.82 Å². The summed E-state index contributed by atoms with van der Waals surface area (Å²) in [6.07, 6.45) is -3.43. The van der Waals surface area contributed by atoms with E-state index >= 15 is 0 Å². The molecule has 0 spiro atoms. The van der Waals surface area contributed by atoms with E-state index in [-0.39, 0.29) is 40.6 Å². The monoisotopic (exact) mass is 498 g/mol. The van der Waals surface area contributed by atoms with Crippen LogP contribution in [-0.4, -0.2) is 15.2 Å². The largest absolute Gasteiger partial charge is 0.508 e. The molecule has 0 aliphatic heterocycles. The molecule has 0 amide bonds. The van der Waals surface area contributed by atoms with Crippen LogP contribution in [0.15, 0.2) is 80.7 Å². The lowest BCUT2D eigenvalue weighted by molar-refractivity contribution is -0.137. The zero-order valence-corrected chi connectivity index (χ0v) is 18.0. The van der Waals surface area contributed by atoms with Crippen molar-refractivity contribution >= 4 is 11.0 Å². The molecule has 36 heavy (non-hydrogen) atoms. The Hall–Kier alpha value is -4.67. The van der Waals surface area contributed by atoms with Gasteiger partial charge >= 0.3 is 6.18 Å². The lowest BCUT2D eigenvalue weighted by atomic mass is 10.1. The lowest BCUT2D eigenvalue weighted by Crippen LogP contribution is -2.05. The zero-order valence-electron chi connectivity index (χ0n) is 18.0. The fraction of sp³-hybridized carbons (Fsp3) is 0.0800. The highest BCUT2D eigenvalue weighted by Crippen LogP contribution is 2.33. The molecular formula is C25H14F4N2O5. The molecule has 11 heteroatoms. The van der Waals surface area contributed by atoms with Crippen LogP contribution in [0.1, 0.15) is 11.4 Å². The van der Waals surface area contributed by atoms with E-state index in [1.807, 2.05) is 0 Å². The summed E-state index contributed by atoms with van der Waals surface area (Å²) in [5.41, 5.74) is -0.519. The third kappa shape index (κ3) is 4.63. The number of hydrogen-bond acceptors (Lipinski definition) is 7. The van der Waals surface area contributed by atoms with E-state index in [2.05, 4.69) is 10.1 Å². The van der Waals surface area contributed by atoms with Crippen molar-refractivity contribution in [2.24, 2.45) is 0 Å². The van der Waals surface area contributed by atoms with Crippen LogP contribution in [0.5, 0.6) is 11.5 Å². The number of aromatic hydroxyl groups is 1. The van der Waals surface area contributed by atoms with Gasteiger partial charge in [-0.1, -0.05) is 17.3 Å². The molecule has 3 aromatic carbocycles. The molecule has 0 radical (unpaired) electrons. The molecule has 182 valence electrons. The molecule has 0 saturated carbocycles. The van der Waals surface area contributed by atoms with Crippen molar-refractivity contribution in [3.8, 4) is 34.1 Å². The van der Waals surface area contributed by atoms with Gasteiger partial charge in [-0.2, -0.15) is 18.2 Å². The van der Waals surface area contributed by atoms with Crippen LogP contribution in [0.2, 0.25) is 0 Å². The second kappa shape index (κ2) is 8.84. The van der Waals surface area contributed by atoms with Gasteiger partial charge in [-0.3, -0.25) is 4.79 Å². The zero-order chi connectivity index (χ0) is 25.4. The maximum atomic E-state index is 13.7. The quantitative estimate of drug-likeness (QED) is 0.299. The number of aromatic nitrogens is 2. The number of ether oxygens (including phenoxy) is 1. The van der Waals surface area contributed by atoms with Gasteiger partial charge in [-0.15, -0.1) is 0 Å². The second-order valence-electron chi connectivity index (χ2n) is 7.71. The van der Waals surface area contributed by atoms with Gasteiger partial charge in [0, 0.05) is 11.6 Å². The fourth-order valence-corrected chi connectivity index (χ4v) is 3.49. The van der Waals surface area contributed by atoms with Crippen molar-refractivity contribution in [3.05, 3.63) is 94.4 Å². The SMILES string of the molecule is O=c1c(-c2ccc(O)cc2)coc2cc(OCc3noc(-c4cc(F)cc(C(F)(F)F)c4)n3)ccc12. The van der Waals surface area contributed by atoms with Crippen LogP contribution >= 0.6 is 0 Å². The minimum absolute atomic E-state index is 0.00653. The summed E-state index contributed by atoms with van der Waals surface area (Å²) >= 11 is 0. The number of fused-ring (bicyclic) bond motifs is 1. The Kier molecular flexibility index (Phi) is 5.67. The molecule has 7 nitrogen and oxygen atoms in total. The van der Waals surface area contributed by atoms with E-state index < -0.39 is 17.6 Å². The number of halogens is 4. The van der Waals surface area contributed by atoms with Gasteiger partial charge in [0.1, 0.15) is 29.2 Å². The third-order valence-corrected chi connectivity index (χ3v) is 5.23. The fourth-order valence-electron chi connectivity index (χ4n) is 3.49. The van der Waals surface area contributed by atoms with Gasteiger partial charge in [-0.25, -0.2) is 4.39 Å². The summed E-state index contributed by atoms with van der Waals surface area (Å²) in [6.45, 7) is -0.216. The summed E-state index contributed by atoms with van der Waals surface area (Å²) in [6, 6.07) is 12.6. The van der Waals surface area contributed by atoms with Crippen LogP contribution in [-0.2, 0) is 12.8 Å². The van der Waals surface area contributed by atoms with Crippen LogP contribution in [0.25, 0.3) is 33.6 Å². The van der Waals surface area contributed by atoms with Crippen LogP contribution in [0, 0.1) is 5.82 Å². The molecule has 0 saturated heterocycles. The first-order chi connectivity index (χ1) is 17.2.